The van der Waals surface area contributed by atoms with Crippen LogP contribution < -0.4 is 14.8 Å². The molecule has 4 rings (SSSR count). The van der Waals surface area contributed by atoms with Gasteiger partial charge in [0.15, 0.2) is 11.5 Å². The van der Waals surface area contributed by atoms with Gasteiger partial charge in [-0.1, -0.05) is 48.0 Å². The summed E-state index contributed by atoms with van der Waals surface area (Å²) >= 11 is 0. The zero-order valence-corrected chi connectivity index (χ0v) is 20.1. The summed E-state index contributed by atoms with van der Waals surface area (Å²) < 4.78 is 10.8. The van der Waals surface area contributed by atoms with E-state index in [4.69, 9.17) is 9.47 Å². The fourth-order valence-corrected chi connectivity index (χ4v) is 4.22. The molecule has 1 heterocycles. The monoisotopic (exact) mass is 456 g/mol. The first-order chi connectivity index (χ1) is 16.6. The highest BCUT2D eigenvalue weighted by atomic mass is 16.5. The van der Waals surface area contributed by atoms with E-state index >= 15 is 0 Å². The molecule has 1 N–H and O–H groups in total. The molecule has 0 radical (unpaired) electrons. The predicted octanol–water partition coefficient (Wildman–Crippen LogP) is 5.23. The Morgan fingerprint density at radius 3 is 2.44 bits per heavy atom. The van der Waals surface area contributed by atoms with Gasteiger partial charge in [-0.15, -0.1) is 0 Å². The molecule has 0 saturated heterocycles. The maximum absolute atomic E-state index is 12.4. The minimum absolute atomic E-state index is 0.0481. The summed E-state index contributed by atoms with van der Waals surface area (Å²) in [5.74, 6) is 1.47. The molecule has 0 spiro atoms. The summed E-state index contributed by atoms with van der Waals surface area (Å²) in [5.41, 5.74) is 6.73. The van der Waals surface area contributed by atoms with Crippen molar-refractivity contribution in [3.8, 4) is 11.5 Å². The highest BCUT2D eigenvalue weighted by Gasteiger charge is 2.15. The lowest BCUT2D eigenvalue weighted by Gasteiger charge is -2.27. The summed E-state index contributed by atoms with van der Waals surface area (Å²) in [4.78, 5) is 14.9. The van der Waals surface area contributed by atoms with Crippen LogP contribution in [0, 0.1) is 6.92 Å². The Morgan fingerprint density at radius 2 is 1.74 bits per heavy atom. The third-order valence-electron chi connectivity index (χ3n) is 6.21. The number of carbonyl (C=O) groups excluding carboxylic acids is 1. The van der Waals surface area contributed by atoms with Gasteiger partial charge in [-0.3, -0.25) is 9.69 Å². The molecule has 0 unspecified atom stereocenters. The van der Waals surface area contributed by atoms with Gasteiger partial charge in [0, 0.05) is 31.7 Å². The molecule has 0 bridgehead atoms. The molecular formula is C29H32N2O3. The van der Waals surface area contributed by atoms with Crippen molar-refractivity contribution < 1.29 is 14.3 Å². The van der Waals surface area contributed by atoms with Crippen molar-refractivity contribution in [3.63, 3.8) is 0 Å². The van der Waals surface area contributed by atoms with Gasteiger partial charge in [-0.25, -0.2) is 0 Å². The number of nitrogens with zero attached hydrogens (tertiary/aromatic N) is 1. The normalized spacial score (nSPS) is 13.8. The van der Waals surface area contributed by atoms with Gasteiger partial charge in [0.25, 0.3) is 5.91 Å². The number of hydrogen-bond acceptors (Lipinski definition) is 4. The average Bonchev–Trinajstić information content (AvgIpc) is 2.88. The SMILES string of the molecule is COc1ccc(CN2CC=C(c3cccc(CNC(=O)c4ccc(C)cc4)c3)CC2)cc1OC. The molecule has 0 fully saturated rings. The van der Waals surface area contributed by atoms with E-state index in [1.165, 1.54) is 16.7 Å². The van der Waals surface area contributed by atoms with E-state index < -0.39 is 0 Å². The van der Waals surface area contributed by atoms with Crippen LogP contribution in [0.2, 0.25) is 0 Å². The Bertz CT molecular complexity index is 1170. The first-order valence-corrected chi connectivity index (χ1v) is 11.6. The van der Waals surface area contributed by atoms with E-state index in [0.29, 0.717) is 12.1 Å². The molecule has 5 heteroatoms. The quantitative estimate of drug-likeness (QED) is 0.504. The van der Waals surface area contributed by atoms with E-state index in [9.17, 15) is 4.79 Å². The fraction of sp³-hybridized carbons (Fsp3) is 0.276. The van der Waals surface area contributed by atoms with Crippen LogP contribution in [0.3, 0.4) is 0 Å². The molecule has 0 atom stereocenters. The van der Waals surface area contributed by atoms with Crippen LogP contribution in [0.25, 0.3) is 5.57 Å². The summed E-state index contributed by atoms with van der Waals surface area (Å²) in [6.45, 7) is 5.30. The fourth-order valence-electron chi connectivity index (χ4n) is 4.22. The van der Waals surface area contributed by atoms with Crippen molar-refractivity contribution in [3.05, 3.63) is 101 Å². The lowest BCUT2D eigenvalue weighted by atomic mass is 9.97. The average molecular weight is 457 g/mol. The maximum Gasteiger partial charge on any atom is 0.251 e. The summed E-state index contributed by atoms with van der Waals surface area (Å²) in [6, 6.07) is 22.2. The van der Waals surface area contributed by atoms with Crippen LogP contribution >= 0.6 is 0 Å². The molecule has 0 aromatic heterocycles. The number of rotatable bonds is 8. The largest absolute Gasteiger partial charge is 0.493 e. The summed E-state index contributed by atoms with van der Waals surface area (Å²) in [5, 5.41) is 3.03. The molecule has 0 aliphatic carbocycles. The zero-order chi connectivity index (χ0) is 23.9. The molecule has 1 aliphatic heterocycles. The summed E-state index contributed by atoms with van der Waals surface area (Å²) in [6.07, 6.45) is 3.31. The number of benzene rings is 3. The number of hydrogen-bond donors (Lipinski definition) is 1. The number of carbonyl (C=O) groups is 1. The molecule has 1 amide bonds. The molecule has 5 nitrogen and oxygen atoms in total. The predicted molar refractivity (Wildman–Crippen MR) is 136 cm³/mol. The van der Waals surface area contributed by atoms with Crippen LogP contribution in [0.15, 0.2) is 72.8 Å². The molecule has 1 aliphatic rings. The minimum atomic E-state index is -0.0481. The van der Waals surface area contributed by atoms with Crippen LogP contribution in [-0.2, 0) is 13.1 Å². The lowest BCUT2D eigenvalue weighted by Crippen LogP contribution is -2.28. The smallest absolute Gasteiger partial charge is 0.251 e. The van der Waals surface area contributed by atoms with Gasteiger partial charge in [0.1, 0.15) is 0 Å². The number of aryl methyl sites for hydroxylation is 1. The van der Waals surface area contributed by atoms with Gasteiger partial charge < -0.3 is 14.8 Å². The Balaban J connectivity index is 1.35. The third kappa shape index (κ3) is 5.86. The summed E-state index contributed by atoms with van der Waals surface area (Å²) in [7, 11) is 3.32. The molecule has 34 heavy (non-hydrogen) atoms. The second-order valence-electron chi connectivity index (χ2n) is 8.65. The second-order valence-corrected chi connectivity index (χ2v) is 8.65. The van der Waals surface area contributed by atoms with Gasteiger partial charge in [0.2, 0.25) is 0 Å². The Morgan fingerprint density at radius 1 is 0.941 bits per heavy atom. The van der Waals surface area contributed by atoms with Gasteiger partial charge >= 0.3 is 0 Å². The number of nitrogens with one attached hydrogen (secondary N) is 1. The van der Waals surface area contributed by atoms with Crippen molar-refractivity contribution in [2.75, 3.05) is 27.3 Å². The number of amides is 1. The Labute approximate surface area is 202 Å². The Hall–Kier alpha value is -3.57. The van der Waals surface area contributed by atoms with Crippen LogP contribution in [-0.4, -0.2) is 38.1 Å². The van der Waals surface area contributed by atoms with Gasteiger partial charge in [0.05, 0.1) is 14.2 Å². The lowest BCUT2D eigenvalue weighted by molar-refractivity contribution is 0.0951. The third-order valence-corrected chi connectivity index (χ3v) is 6.21. The molecular weight excluding hydrogens is 424 g/mol. The maximum atomic E-state index is 12.4. The van der Waals surface area contributed by atoms with E-state index in [1.54, 1.807) is 14.2 Å². The van der Waals surface area contributed by atoms with E-state index in [1.807, 2.05) is 43.3 Å². The highest BCUT2D eigenvalue weighted by molar-refractivity contribution is 5.94. The molecule has 3 aromatic rings. The van der Waals surface area contributed by atoms with Crippen LogP contribution in [0.5, 0.6) is 11.5 Å². The molecule has 176 valence electrons. The van der Waals surface area contributed by atoms with Crippen molar-refractivity contribution in [2.24, 2.45) is 0 Å². The number of methoxy groups -OCH3 is 2. The van der Waals surface area contributed by atoms with Crippen molar-refractivity contribution >= 4 is 11.5 Å². The zero-order valence-electron chi connectivity index (χ0n) is 20.1. The number of ether oxygens (including phenoxy) is 2. The van der Waals surface area contributed by atoms with E-state index in [0.717, 1.165) is 48.7 Å². The Kier molecular flexibility index (Phi) is 7.65. The van der Waals surface area contributed by atoms with Crippen molar-refractivity contribution in [1.82, 2.24) is 10.2 Å². The van der Waals surface area contributed by atoms with Gasteiger partial charge in [-0.05, 0) is 65.9 Å². The first-order valence-electron chi connectivity index (χ1n) is 11.6. The van der Waals surface area contributed by atoms with Crippen LogP contribution in [0.4, 0.5) is 0 Å². The van der Waals surface area contributed by atoms with Crippen molar-refractivity contribution in [2.45, 2.75) is 26.4 Å². The first kappa shape index (κ1) is 23.6. The van der Waals surface area contributed by atoms with E-state index in [2.05, 4.69) is 46.6 Å². The second kappa shape index (κ2) is 11.0. The minimum Gasteiger partial charge on any atom is -0.493 e. The highest BCUT2D eigenvalue weighted by Crippen LogP contribution is 2.29. The topological polar surface area (TPSA) is 50.8 Å². The molecule has 0 saturated carbocycles. The van der Waals surface area contributed by atoms with Crippen molar-refractivity contribution in [1.29, 1.82) is 0 Å². The van der Waals surface area contributed by atoms with Gasteiger partial charge in [-0.2, -0.15) is 0 Å². The standard InChI is InChI=1S/C29H32N2O3/c1-21-7-10-25(11-8-21)29(32)30-19-22-5-4-6-26(17-22)24-13-15-31(16-14-24)20-23-9-12-27(33-2)28(18-23)34-3/h4-13,17-18H,14-16,19-20H2,1-3H3,(H,30,32). The molecule has 3 aromatic carbocycles. The van der Waals surface area contributed by atoms with Crippen LogP contribution in [0.1, 0.15) is 39.0 Å². The van der Waals surface area contributed by atoms with E-state index in [-0.39, 0.29) is 5.91 Å².